The Morgan fingerprint density at radius 2 is 1.53 bits per heavy atom. The van der Waals surface area contributed by atoms with Gasteiger partial charge in [-0.2, -0.15) is 0 Å². The lowest BCUT2D eigenvalue weighted by molar-refractivity contribution is -0.304. The first kappa shape index (κ1) is 30.7. The van der Waals surface area contributed by atoms with E-state index in [1.807, 2.05) is 0 Å². The van der Waals surface area contributed by atoms with Crippen molar-refractivity contribution in [2.75, 3.05) is 27.4 Å². The maximum Gasteiger partial charge on any atom is 0.328 e. The third-order valence-corrected chi connectivity index (χ3v) is 4.73. The van der Waals surface area contributed by atoms with Crippen molar-refractivity contribution in [3.05, 3.63) is 0 Å². The van der Waals surface area contributed by atoms with E-state index in [4.69, 9.17) is 23.7 Å². The van der Waals surface area contributed by atoms with Crippen LogP contribution in [0.25, 0.3) is 0 Å². The first-order chi connectivity index (χ1) is 16.9. The quantitative estimate of drug-likeness (QED) is 0.214. The molecular weight excluding hydrogens is 490 g/mol. The molecule has 1 fully saturated rings. The molecule has 1 heterocycles. The third kappa shape index (κ3) is 10.1. The molecule has 0 unspecified atom stereocenters. The van der Waals surface area contributed by atoms with E-state index in [9.17, 15) is 33.9 Å². The Bertz CT molecular complexity index is 814. The minimum absolute atomic E-state index is 0.114. The second-order valence-electron chi connectivity index (χ2n) is 7.55. The van der Waals surface area contributed by atoms with Gasteiger partial charge in [0.2, 0.25) is 5.91 Å². The molecule has 15 heteroatoms. The molecule has 0 aromatic rings. The van der Waals surface area contributed by atoms with E-state index < -0.39 is 85.7 Å². The highest BCUT2D eigenvalue weighted by Gasteiger charge is 2.50. The molecule has 1 amide bonds. The van der Waals surface area contributed by atoms with Gasteiger partial charge >= 0.3 is 29.8 Å². The van der Waals surface area contributed by atoms with Crippen LogP contribution in [0.5, 0.6) is 0 Å². The number of carbonyl (C=O) groups is 6. The Balaban J connectivity index is 2.95. The summed E-state index contributed by atoms with van der Waals surface area (Å²) in [7, 11) is 2.27. The van der Waals surface area contributed by atoms with Gasteiger partial charge in [0.05, 0.1) is 14.2 Å². The molecule has 1 aliphatic heterocycles. The monoisotopic (exact) mass is 521 g/mol. The maximum absolute atomic E-state index is 12.4. The number of nitrogens with one attached hydrogen (secondary N) is 1. The van der Waals surface area contributed by atoms with E-state index in [0.29, 0.717) is 0 Å². The molecule has 1 aliphatic rings. The van der Waals surface area contributed by atoms with Crippen molar-refractivity contribution in [1.82, 2.24) is 5.32 Å². The van der Waals surface area contributed by atoms with Crippen LogP contribution >= 0.6 is 0 Å². The van der Waals surface area contributed by atoms with Crippen molar-refractivity contribution in [2.45, 2.75) is 70.4 Å². The molecule has 6 atom stereocenters. The number of rotatable bonds is 12. The smallest absolute Gasteiger partial charge is 0.328 e. The average Bonchev–Trinajstić information content (AvgIpc) is 2.81. The predicted molar refractivity (Wildman–Crippen MR) is 114 cm³/mol. The summed E-state index contributed by atoms with van der Waals surface area (Å²) in [6, 6.07) is -1.19. The van der Waals surface area contributed by atoms with Gasteiger partial charge in [-0.25, -0.2) is 4.79 Å². The van der Waals surface area contributed by atoms with Crippen LogP contribution in [0.2, 0.25) is 0 Å². The summed E-state index contributed by atoms with van der Waals surface area (Å²) < 4.78 is 35.1. The zero-order valence-corrected chi connectivity index (χ0v) is 20.5. The van der Waals surface area contributed by atoms with Crippen LogP contribution in [0.3, 0.4) is 0 Å². The van der Waals surface area contributed by atoms with Crippen molar-refractivity contribution in [2.24, 2.45) is 0 Å². The molecule has 1 rings (SSSR count). The van der Waals surface area contributed by atoms with E-state index in [0.717, 1.165) is 27.9 Å². The van der Waals surface area contributed by atoms with Gasteiger partial charge < -0.3 is 43.6 Å². The lowest BCUT2D eigenvalue weighted by atomic mass is 9.98. The van der Waals surface area contributed by atoms with Gasteiger partial charge in [-0.3, -0.25) is 24.0 Å². The van der Waals surface area contributed by atoms with Gasteiger partial charge in [0.15, 0.2) is 18.5 Å². The van der Waals surface area contributed by atoms with Crippen molar-refractivity contribution >= 4 is 35.8 Å². The zero-order chi connectivity index (χ0) is 27.4. The Labute approximate surface area is 206 Å². The number of carbonyl (C=O) groups excluding carboxylic acids is 6. The Hall–Kier alpha value is -3.30. The molecule has 1 saturated heterocycles. The second kappa shape index (κ2) is 15.0. The number of esters is 5. The molecule has 36 heavy (non-hydrogen) atoms. The Morgan fingerprint density at radius 1 is 0.917 bits per heavy atom. The fourth-order valence-electron chi connectivity index (χ4n) is 3.17. The van der Waals surface area contributed by atoms with Gasteiger partial charge in [0.25, 0.3) is 0 Å². The van der Waals surface area contributed by atoms with E-state index in [-0.39, 0.29) is 12.8 Å². The first-order valence-corrected chi connectivity index (χ1v) is 10.8. The number of ether oxygens (including phenoxy) is 7. The largest absolute Gasteiger partial charge is 0.469 e. The topological polar surface area (TPSA) is 199 Å². The number of aliphatic hydroxyl groups is 1. The average molecular weight is 521 g/mol. The highest BCUT2D eigenvalue weighted by molar-refractivity contribution is 5.85. The normalized spacial score (nSPS) is 24.0. The van der Waals surface area contributed by atoms with Crippen LogP contribution < -0.4 is 5.32 Å². The predicted octanol–water partition coefficient (Wildman–Crippen LogP) is -1.87. The SMILES string of the molecule is COC(=O)CC[C@H](NC(=O)CO[C@H]1O[C@H](COC(C)=O)[C@@H](OC(C)=O)[C@H](OC(C)=O)[C@H]1O)C(=O)OC. The van der Waals surface area contributed by atoms with Crippen LogP contribution in [-0.2, 0) is 61.9 Å². The number of aliphatic hydroxyl groups excluding tert-OH is 1. The molecule has 0 aromatic carbocycles. The van der Waals surface area contributed by atoms with Gasteiger partial charge in [0, 0.05) is 27.2 Å². The van der Waals surface area contributed by atoms with E-state index in [2.05, 4.69) is 14.8 Å². The highest BCUT2D eigenvalue weighted by Crippen LogP contribution is 2.27. The molecule has 0 radical (unpaired) electrons. The Kier molecular flexibility index (Phi) is 12.8. The number of hydrogen-bond donors (Lipinski definition) is 2. The lowest BCUT2D eigenvalue weighted by Gasteiger charge is -2.42. The summed E-state index contributed by atoms with van der Waals surface area (Å²) in [4.78, 5) is 70.1. The summed E-state index contributed by atoms with van der Waals surface area (Å²) in [6.07, 6.45) is -7.71. The van der Waals surface area contributed by atoms with E-state index >= 15 is 0 Å². The molecule has 2 N–H and O–H groups in total. The molecular formula is C21H31NO14. The standard InChI is InChI=1S/C21H31NO14/c1-10(23)32-8-14-18(34-11(2)24)19(35-12(3)25)17(28)21(36-14)33-9-15(26)22-13(20(29)31-5)6-7-16(27)30-4/h13-14,17-19,21,28H,6-9H2,1-5H3,(H,22,26)/t13-,14+,17+,18+,19+,21-/m0/s1. The van der Waals surface area contributed by atoms with Gasteiger partial charge in [-0.1, -0.05) is 0 Å². The third-order valence-electron chi connectivity index (χ3n) is 4.73. The number of methoxy groups -OCH3 is 2. The summed E-state index contributed by atoms with van der Waals surface area (Å²) >= 11 is 0. The van der Waals surface area contributed by atoms with Crippen molar-refractivity contribution in [3.63, 3.8) is 0 Å². The van der Waals surface area contributed by atoms with Crippen molar-refractivity contribution < 1.29 is 67.0 Å². The number of hydrogen-bond acceptors (Lipinski definition) is 14. The first-order valence-electron chi connectivity index (χ1n) is 10.8. The Morgan fingerprint density at radius 3 is 2.06 bits per heavy atom. The van der Waals surface area contributed by atoms with Gasteiger partial charge in [-0.05, 0) is 6.42 Å². The molecule has 0 saturated carbocycles. The van der Waals surface area contributed by atoms with Crippen LogP contribution in [0.4, 0.5) is 0 Å². The van der Waals surface area contributed by atoms with Crippen LogP contribution in [0.1, 0.15) is 33.6 Å². The number of amides is 1. The van der Waals surface area contributed by atoms with E-state index in [1.165, 1.54) is 7.11 Å². The molecule has 15 nitrogen and oxygen atoms in total. The second-order valence-corrected chi connectivity index (χ2v) is 7.55. The van der Waals surface area contributed by atoms with Gasteiger partial charge in [-0.15, -0.1) is 0 Å². The van der Waals surface area contributed by atoms with Crippen LogP contribution in [0, 0.1) is 0 Å². The van der Waals surface area contributed by atoms with Crippen LogP contribution in [-0.4, -0.2) is 105 Å². The zero-order valence-electron chi connectivity index (χ0n) is 20.5. The lowest BCUT2D eigenvalue weighted by Crippen LogP contribution is -2.62. The van der Waals surface area contributed by atoms with Crippen molar-refractivity contribution in [3.8, 4) is 0 Å². The minimum atomic E-state index is -1.73. The summed E-state index contributed by atoms with van der Waals surface area (Å²) in [5, 5.41) is 13.0. The molecule has 0 spiro atoms. The summed E-state index contributed by atoms with van der Waals surface area (Å²) in [6.45, 7) is 2.04. The van der Waals surface area contributed by atoms with Gasteiger partial charge in [0.1, 0.15) is 31.5 Å². The minimum Gasteiger partial charge on any atom is -0.469 e. The molecule has 204 valence electrons. The highest BCUT2D eigenvalue weighted by atomic mass is 16.7. The van der Waals surface area contributed by atoms with Crippen molar-refractivity contribution in [1.29, 1.82) is 0 Å². The van der Waals surface area contributed by atoms with Crippen LogP contribution in [0.15, 0.2) is 0 Å². The maximum atomic E-state index is 12.4. The molecule has 0 aliphatic carbocycles. The van der Waals surface area contributed by atoms with E-state index in [1.54, 1.807) is 0 Å². The molecule has 0 aromatic heterocycles. The summed E-state index contributed by atoms with van der Waals surface area (Å²) in [5.74, 6) is -4.57. The summed E-state index contributed by atoms with van der Waals surface area (Å²) in [5.41, 5.74) is 0. The molecule has 0 bridgehead atoms. The fraction of sp³-hybridized carbons (Fsp3) is 0.714. The fourth-order valence-corrected chi connectivity index (χ4v) is 3.17.